The Labute approximate surface area is 213 Å². The smallest absolute Gasteiger partial charge is 0.339 e. The summed E-state index contributed by atoms with van der Waals surface area (Å²) in [6, 6.07) is 3.14. The number of rotatable bonds is 15. The number of nitrogens with zero attached hydrogens (tertiary/aromatic N) is 3. The summed E-state index contributed by atoms with van der Waals surface area (Å²) in [6.07, 6.45) is 0. The van der Waals surface area contributed by atoms with Crippen molar-refractivity contribution in [1.29, 1.82) is 0 Å². The standard InChI is InChI=1S/C22H21N3O13/c26-1-2-35-3-4-36-5-6-37-7-8-38-22(28)17-11-13(23(29)30)9-15-19(17)20-16(21(15)27)10-14(24(31)32)12-18(20)25(33)34/h9-12,26H,1-8H2. The minimum atomic E-state index is -1.11. The first-order chi connectivity index (χ1) is 18.2. The molecule has 0 spiro atoms. The summed E-state index contributed by atoms with van der Waals surface area (Å²) < 4.78 is 20.6. The number of non-ortho nitro benzene ring substituents is 2. The quantitative estimate of drug-likeness (QED) is 0.127. The van der Waals surface area contributed by atoms with Gasteiger partial charge in [0.2, 0.25) is 0 Å². The van der Waals surface area contributed by atoms with Gasteiger partial charge in [-0.1, -0.05) is 0 Å². The van der Waals surface area contributed by atoms with Crippen LogP contribution in [-0.4, -0.2) is 84.5 Å². The summed E-state index contributed by atoms with van der Waals surface area (Å²) in [5.41, 5.74) is -4.13. The molecule has 0 aliphatic heterocycles. The molecule has 1 aliphatic carbocycles. The van der Waals surface area contributed by atoms with Crippen LogP contribution in [0.5, 0.6) is 0 Å². The predicted molar refractivity (Wildman–Crippen MR) is 125 cm³/mol. The highest BCUT2D eigenvalue weighted by Gasteiger charge is 2.40. The minimum absolute atomic E-state index is 0.0743. The number of nitro groups is 3. The fourth-order valence-electron chi connectivity index (χ4n) is 3.67. The van der Waals surface area contributed by atoms with Crippen molar-refractivity contribution in [3.8, 4) is 11.1 Å². The number of hydrogen-bond acceptors (Lipinski definition) is 13. The van der Waals surface area contributed by atoms with E-state index < -0.39 is 54.7 Å². The Kier molecular flexibility index (Phi) is 9.44. The van der Waals surface area contributed by atoms with Gasteiger partial charge in [0.05, 0.1) is 78.2 Å². The second-order valence-electron chi connectivity index (χ2n) is 7.60. The zero-order valence-electron chi connectivity index (χ0n) is 19.7. The fraction of sp³-hybridized carbons (Fsp3) is 0.364. The number of hydrogen-bond donors (Lipinski definition) is 1. The molecule has 0 heterocycles. The van der Waals surface area contributed by atoms with Gasteiger partial charge in [-0.15, -0.1) is 0 Å². The zero-order chi connectivity index (χ0) is 27.8. The van der Waals surface area contributed by atoms with E-state index in [4.69, 9.17) is 24.1 Å². The highest BCUT2D eigenvalue weighted by molar-refractivity contribution is 6.26. The normalized spacial score (nSPS) is 11.7. The fourth-order valence-corrected chi connectivity index (χ4v) is 3.67. The molecule has 0 radical (unpaired) electrons. The molecule has 1 N–H and O–H groups in total. The van der Waals surface area contributed by atoms with E-state index in [-0.39, 0.29) is 62.9 Å². The molecule has 0 saturated carbocycles. The summed E-state index contributed by atoms with van der Waals surface area (Å²) in [7, 11) is 0. The molecule has 0 amide bonds. The summed E-state index contributed by atoms with van der Waals surface area (Å²) in [4.78, 5) is 57.5. The van der Waals surface area contributed by atoms with E-state index in [9.17, 15) is 39.9 Å². The molecule has 16 heteroatoms. The van der Waals surface area contributed by atoms with Crippen LogP contribution < -0.4 is 0 Å². The lowest BCUT2D eigenvalue weighted by Gasteiger charge is -2.10. The maximum absolute atomic E-state index is 13.0. The first-order valence-corrected chi connectivity index (χ1v) is 11.0. The maximum atomic E-state index is 13.0. The Balaban J connectivity index is 1.77. The van der Waals surface area contributed by atoms with E-state index in [0.29, 0.717) is 12.7 Å². The zero-order valence-corrected chi connectivity index (χ0v) is 19.7. The van der Waals surface area contributed by atoms with Gasteiger partial charge in [-0.2, -0.15) is 0 Å². The Hall–Kier alpha value is -4.38. The third-order valence-electron chi connectivity index (χ3n) is 5.24. The van der Waals surface area contributed by atoms with Crippen molar-refractivity contribution in [2.45, 2.75) is 0 Å². The molecule has 3 rings (SSSR count). The first-order valence-electron chi connectivity index (χ1n) is 11.0. The Morgan fingerprint density at radius 2 is 1.21 bits per heavy atom. The highest BCUT2D eigenvalue weighted by atomic mass is 16.6. The number of ether oxygens (including phenoxy) is 4. The monoisotopic (exact) mass is 535 g/mol. The van der Waals surface area contributed by atoms with Crippen LogP contribution in [0.25, 0.3) is 11.1 Å². The van der Waals surface area contributed by atoms with Crippen LogP contribution in [-0.2, 0) is 18.9 Å². The summed E-state index contributed by atoms with van der Waals surface area (Å²) in [5.74, 6) is -2.05. The molecule has 16 nitrogen and oxygen atoms in total. The number of esters is 1. The molecule has 0 atom stereocenters. The minimum Gasteiger partial charge on any atom is -0.460 e. The number of aliphatic hydroxyl groups excluding tert-OH is 1. The van der Waals surface area contributed by atoms with Crippen molar-refractivity contribution in [2.24, 2.45) is 0 Å². The summed E-state index contributed by atoms with van der Waals surface area (Å²) in [5, 5.41) is 42.9. The molecule has 202 valence electrons. The number of nitro benzene ring substituents is 3. The van der Waals surface area contributed by atoms with Gasteiger partial charge in [0, 0.05) is 34.9 Å². The summed E-state index contributed by atoms with van der Waals surface area (Å²) >= 11 is 0. The Bertz CT molecular complexity index is 1280. The van der Waals surface area contributed by atoms with Crippen LogP contribution in [0.3, 0.4) is 0 Å². The molecule has 2 aromatic rings. The van der Waals surface area contributed by atoms with Crippen LogP contribution in [0.15, 0.2) is 24.3 Å². The average Bonchev–Trinajstić information content (AvgIpc) is 3.17. The molecule has 2 aromatic carbocycles. The number of aliphatic hydroxyl groups is 1. The van der Waals surface area contributed by atoms with E-state index in [1.807, 2.05) is 0 Å². The number of benzene rings is 2. The molecule has 0 bridgehead atoms. The molecule has 1 aliphatic rings. The number of ketones is 1. The van der Waals surface area contributed by atoms with Gasteiger partial charge in [-0.05, 0) is 0 Å². The predicted octanol–water partition coefficient (Wildman–Crippen LogP) is 1.82. The summed E-state index contributed by atoms with van der Waals surface area (Å²) in [6.45, 7) is 0.679. The number of carbonyl (C=O) groups excluding carboxylic acids is 2. The van der Waals surface area contributed by atoms with Crippen molar-refractivity contribution >= 4 is 28.8 Å². The average molecular weight is 535 g/mol. The lowest BCUT2D eigenvalue weighted by molar-refractivity contribution is -0.393. The van der Waals surface area contributed by atoms with Gasteiger partial charge < -0.3 is 24.1 Å². The van der Waals surface area contributed by atoms with Gasteiger partial charge in [0.1, 0.15) is 6.61 Å². The molecule has 0 aromatic heterocycles. The molecular formula is C22H21N3O13. The van der Waals surface area contributed by atoms with Crippen LogP contribution in [0.4, 0.5) is 17.1 Å². The van der Waals surface area contributed by atoms with Gasteiger partial charge in [0.15, 0.2) is 5.78 Å². The maximum Gasteiger partial charge on any atom is 0.339 e. The highest BCUT2D eigenvalue weighted by Crippen LogP contribution is 2.47. The van der Waals surface area contributed by atoms with Gasteiger partial charge in [-0.25, -0.2) is 4.79 Å². The van der Waals surface area contributed by atoms with E-state index in [0.717, 1.165) is 18.2 Å². The van der Waals surface area contributed by atoms with E-state index >= 15 is 0 Å². The second-order valence-corrected chi connectivity index (χ2v) is 7.60. The molecule has 38 heavy (non-hydrogen) atoms. The first kappa shape index (κ1) is 28.2. The van der Waals surface area contributed by atoms with Crippen LogP contribution >= 0.6 is 0 Å². The SMILES string of the molecule is O=C(OCCOCCOCCOCCO)c1cc([N+](=O)[O-])cc2c1-c1c(cc([N+](=O)[O-])cc1[N+](=O)[O-])C2=O. The molecule has 0 fully saturated rings. The molecule has 0 saturated heterocycles. The van der Waals surface area contributed by atoms with E-state index in [1.165, 1.54) is 0 Å². The Morgan fingerprint density at radius 1 is 0.711 bits per heavy atom. The van der Waals surface area contributed by atoms with E-state index in [2.05, 4.69) is 0 Å². The van der Waals surface area contributed by atoms with Gasteiger partial charge >= 0.3 is 5.97 Å². The number of fused-ring (bicyclic) bond motifs is 3. The third kappa shape index (κ3) is 6.30. The molecule has 0 unspecified atom stereocenters. The Morgan fingerprint density at radius 3 is 1.74 bits per heavy atom. The van der Waals surface area contributed by atoms with Crippen LogP contribution in [0.2, 0.25) is 0 Å². The number of carbonyl (C=O) groups is 2. The van der Waals surface area contributed by atoms with Crippen LogP contribution in [0, 0.1) is 30.3 Å². The molecular weight excluding hydrogens is 514 g/mol. The largest absolute Gasteiger partial charge is 0.460 e. The lowest BCUT2D eigenvalue weighted by atomic mass is 9.97. The van der Waals surface area contributed by atoms with Gasteiger partial charge in [-0.3, -0.25) is 35.1 Å². The van der Waals surface area contributed by atoms with Crippen molar-refractivity contribution in [1.82, 2.24) is 0 Å². The lowest BCUT2D eigenvalue weighted by Crippen LogP contribution is -2.15. The van der Waals surface area contributed by atoms with Crippen LogP contribution in [0.1, 0.15) is 26.3 Å². The van der Waals surface area contributed by atoms with E-state index in [1.54, 1.807) is 0 Å². The van der Waals surface area contributed by atoms with Crippen molar-refractivity contribution in [2.75, 3.05) is 52.9 Å². The second kappa shape index (κ2) is 12.7. The van der Waals surface area contributed by atoms with Crippen molar-refractivity contribution in [3.63, 3.8) is 0 Å². The third-order valence-corrected chi connectivity index (χ3v) is 5.24. The van der Waals surface area contributed by atoms with Crippen molar-refractivity contribution < 1.29 is 48.4 Å². The van der Waals surface area contributed by atoms with Crippen molar-refractivity contribution in [3.05, 3.63) is 71.3 Å². The van der Waals surface area contributed by atoms with Gasteiger partial charge in [0.25, 0.3) is 17.1 Å². The topological polar surface area (TPSA) is 221 Å².